The van der Waals surface area contributed by atoms with E-state index in [9.17, 15) is 14.4 Å². The van der Waals surface area contributed by atoms with Gasteiger partial charge in [-0.15, -0.1) is 0 Å². The topological polar surface area (TPSA) is 93.7 Å². The van der Waals surface area contributed by atoms with Gasteiger partial charge in [0.25, 0.3) is 5.91 Å². The number of esters is 1. The van der Waals surface area contributed by atoms with Gasteiger partial charge in [-0.05, 0) is 30.5 Å². The first-order valence-corrected chi connectivity index (χ1v) is 9.60. The third kappa shape index (κ3) is 6.43. The average Bonchev–Trinajstić information content (AvgIpc) is 3.25. The summed E-state index contributed by atoms with van der Waals surface area (Å²) in [7, 11) is 0. The van der Waals surface area contributed by atoms with E-state index in [4.69, 9.17) is 9.47 Å². The van der Waals surface area contributed by atoms with Crippen LogP contribution in [0.2, 0.25) is 0 Å². The number of carbonyl (C=O) groups excluding carboxylic acids is 3. The van der Waals surface area contributed by atoms with Crippen LogP contribution in [0.1, 0.15) is 28.8 Å². The van der Waals surface area contributed by atoms with Crippen LogP contribution in [0.15, 0.2) is 54.6 Å². The van der Waals surface area contributed by atoms with Crippen LogP contribution in [0.25, 0.3) is 0 Å². The smallest absolute Gasteiger partial charge is 0.340 e. The molecule has 29 heavy (non-hydrogen) atoms. The number of nitrogens with one attached hydrogen (secondary N) is 2. The minimum atomic E-state index is -0.673. The summed E-state index contributed by atoms with van der Waals surface area (Å²) in [6.45, 7) is 0.725. The van der Waals surface area contributed by atoms with Crippen LogP contribution in [0.4, 0.5) is 5.69 Å². The molecule has 2 N–H and O–H groups in total. The fourth-order valence-electron chi connectivity index (χ4n) is 3.04. The van der Waals surface area contributed by atoms with Crippen molar-refractivity contribution in [3.63, 3.8) is 0 Å². The van der Waals surface area contributed by atoms with Gasteiger partial charge < -0.3 is 20.1 Å². The lowest BCUT2D eigenvalue weighted by atomic mass is 10.1. The molecule has 0 aliphatic carbocycles. The molecule has 0 saturated carbocycles. The van der Waals surface area contributed by atoms with Crippen molar-refractivity contribution >= 4 is 23.5 Å². The molecule has 1 unspecified atom stereocenters. The fourth-order valence-corrected chi connectivity index (χ4v) is 3.04. The lowest BCUT2D eigenvalue weighted by Gasteiger charge is -2.12. The van der Waals surface area contributed by atoms with Crippen molar-refractivity contribution in [3.8, 4) is 0 Å². The highest BCUT2D eigenvalue weighted by molar-refractivity contribution is 6.02. The third-order valence-corrected chi connectivity index (χ3v) is 4.51. The predicted molar refractivity (Wildman–Crippen MR) is 107 cm³/mol. The molecule has 7 nitrogen and oxygen atoms in total. The highest BCUT2D eigenvalue weighted by atomic mass is 16.5. The first-order chi connectivity index (χ1) is 14.1. The second-order valence-electron chi connectivity index (χ2n) is 6.77. The van der Waals surface area contributed by atoms with Crippen molar-refractivity contribution in [3.05, 3.63) is 65.7 Å². The van der Waals surface area contributed by atoms with Crippen molar-refractivity contribution in [2.75, 3.05) is 25.1 Å². The maximum Gasteiger partial charge on any atom is 0.340 e. The number of hydrogen-bond donors (Lipinski definition) is 2. The van der Waals surface area contributed by atoms with Crippen molar-refractivity contribution in [2.45, 2.75) is 25.4 Å². The molecular weight excluding hydrogens is 372 g/mol. The summed E-state index contributed by atoms with van der Waals surface area (Å²) in [5.74, 6) is -1.31. The molecule has 1 atom stereocenters. The zero-order valence-corrected chi connectivity index (χ0v) is 16.1. The van der Waals surface area contributed by atoms with Gasteiger partial charge in [-0.3, -0.25) is 9.59 Å². The van der Waals surface area contributed by atoms with Crippen LogP contribution in [0.5, 0.6) is 0 Å². The van der Waals surface area contributed by atoms with E-state index in [1.807, 2.05) is 30.3 Å². The number of hydrogen-bond acceptors (Lipinski definition) is 5. The Labute approximate surface area is 169 Å². The zero-order valence-electron chi connectivity index (χ0n) is 16.1. The molecule has 1 aliphatic rings. The minimum Gasteiger partial charge on any atom is -0.452 e. The van der Waals surface area contributed by atoms with Crippen LogP contribution in [-0.4, -0.2) is 43.6 Å². The predicted octanol–water partition coefficient (Wildman–Crippen LogP) is 2.32. The van der Waals surface area contributed by atoms with Gasteiger partial charge in [0, 0.05) is 13.2 Å². The monoisotopic (exact) mass is 396 g/mol. The molecule has 0 bridgehead atoms. The van der Waals surface area contributed by atoms with Gasteiger partial charge in [-0.1, -0.05) is 42.5 Å². The maximum absolute atomic E-state index is 12.4. The Hall–Kier alpha value is -3.19. The van der Waals surface area contributed by atoms with Gasteiger partial charge in [0.05, 0.1) is 23.8 Å². The van der Waals surface area contributed by atoms with Gasteiger partial charge in [0.1, 0.15) is 0 Å². The molecular formula is C22H24N2O5. The summed E-state index contributed by atoms with van der Waals surface area (Å²) in [6, 6.07) is 15.9. The fraction of sp³-hybridized carbons (Fsp3) is 0.318. The highest BCUT2D eigenvalue weighted by Crippen LogP contribution is 2.17. The molecule has 3 rings (SSSR count). The van der Waals surface area contributed by atoms with Gasteiger partial charge in [0.2, 0.25) is 5.91 Å². The van der Waals surface area contributed by atoms with E-state index in [0.717, 1.165) is 18.4 Å². The summed E-state index contributed by atoms with van der Waals surface area (Å²) in [6.07, 6.45) is 2.11. The molecule has 7 heteroatoms. The molecule has 2 aromatic carbocycles. The summed E-state index contributed by atoms with van der Waals surface area (Å²) in [4.78, 5) is 36.6. The van der Waals surface area contributed by atoms with Gasteiger partial charge in [-0.25, -0.2) is 4.79 Å². The number of rotatable bonds is 8. The Morgan fingerprint density at radius 1 is 1.00 bits per heavy atom. The average molecular weight is 396 g/mol. The van der Waals surface area contributed by atoms with E-state index in [1.54, 1.807) is 24.3 Å². The Morgan fingerprint density at radius 2 is 1.76 bits per heavy atom. The zero-order chi connectivity index (χ0) is 20.5. The van der Waals surface area contributed by atoms with Crippen molar-refractivity contribution in [1.29, 1.82) is 0 Å². The molecule has 2 aromatic rings. The summed E-state index contributed by atoms with van der Waals surface area (Å²) < 4.78 is 10.5. The van der Waals surface area contributed by atoms with E-state index < -0.39 is 12.6 Å². The van der Waals surface area contributed by atoms with Crippen LogP contribution < -0.4 is 10.6 Å². The number of carbonyl (C=O) groups is 3. The summed E-state index contributed by atoms with van der Waals surface area (Å²) in [5.41, 5.74) is 1.41. The van der Waals surface area contributed by atoms with E-state index in [0.29, 0.717) is 18.8 Å². The number of benzene rings is 2. The van der Waals surface area contributed by atoms with E-state index in [1.165, 1.54) is 0 Å². The molecule has 1 aliphatic heterocycles. The third-order valence-electron chi connectivity index (χ3n) is 4.51. The summed E-state index contributed by atoms with van der Waals surface area (Å²) >= 11 is 0. The quantitative estimate of drug-likeness (QED) is 0.668. The largest absolute Gasteiger partial charge is 0.452 e. The molecule has 0 aromatic heterocycles. The Bertz CT molecular complexity index is 847. The lowest BCUT2D eigenvalue weighted by molar-refractivity contribution is -0.124. The number of para-hydroxylation sites is 1. The van der Waals surface area contributed by atoms with Crippen molar-refractivity contribution in [1.82, 2.24) is 5.32 Å². The molecule has 152 valence electrons. The second-order valence-corrected chi connectivity index (χ2v) is 6.77. The number of ether oxygens (including phenoxy) is 2. The van der Waals surface area contributed by atoms with Gasteiger partial charge >= 0.3 is 5.97 Å². The van der Waals surface area contributed by atoms with Gasteiger partial charge in [0.15, 0.2) is 6.61 Å². The maximum atomic E-state index is 12.4. The molecule has 1 fully saturated rings. The van der Waals surface area contributed by atoms with E-state index in [2.05, 4.69) is 10.6 Å². The normalized spacial score (nSPS) is 15.5. The lowest BCUT2D eigenvalue weighted by Crippen LogP contribution is -2.34. The van der Waals surface area contributed by atoms with Crippen molar-refractivity contribution in [2.24, 2.45) is 0 Å². The van der Waals surface area contributed by atoms with Crippen LogP contribution in [0, 0.1) is 0 Å². The molecule has 0 radical (unpaired) electrons. The Kier molecular flexibility index (Phi) is 7.35. The molecule has 2 amide bonds. The Morgan fingerprint density at radius 3 is 2.52 bits per heavy atom. The van der Waals surface area contributed by atoms with Crippen LogP contribution >= 0.6 is 0 Å². The molecule has 1 heterocycles. The SMILES string of the molecule is O=C(COC(=O)c1ccccc1NC(=O)Cc1ccccc1)NCC1CCCO1. The van der Waals surface area contributed by atoms with E-state index >= 15 is 0 Å². The first-order valence-electron chi connectivity index (χ1n) is 9.60. The first kappa shape index (κ1) is 20.5. The summed E-state index contributed by atoms with van der Waals surface area (Å²) in [5, 5.41) is 5.43. The molecule has 1 saturated heterocycles. The van der Waals surface area contributed by atoms with Crippen LogP contribution in [-0.2, 0) is 25.5 Å². The number of amides is 2. The Balaban J connectivity index is 1.51. The molecule has 0 spiro atoms. The number of anilines is 1. The standard InChI is InChI=1S/C22H24N2O5/c25-20(13-16-7-2-1-3-8-16)24-19-11-5-4-10-18(19)22(27)29-15-21(26)23-14-17-9-6-12-28-17/h1-5,7-8,10-11,17H,6,9,12-15H2,(H,23,26)(H,24,25). The van der Waals surface area contributed by atoms with Crippen molar-refractivity contribution < 1.29 is 23.9 Å². The highest BCUT2D eigenvalue weighted by Gasteiger charge is 2.18. The second kappa shape index (κ2) is 10.4. The van der Waals surface area contributed by atoms with E-state index in [-0.39, 0.29) is 29.9 Å². The minimum absolute atomic E-state index is 0.0233. The van der Waals surface area contributed by atoms with Crippen LogP contribution in [0.3, 0.4) is 0 Å². The van der Waals surface area contributed by atoms with Gasteiger partial charge in [-0.2, -0.15) is 0 Å².